The second-order valence-electron chi connectivity index (χ2n) is 3.80. The molecule has 0 amide bonds. The second kappa shape index (κ2) is 5.22. The van der Waals surface area contributed by atoms with Crippen molar-refractivity contribution in [1.82, 2.24) is 0 Å². The number of carbonyl (C=O) groups is 1. The third-order valence-corrected chi connectivity index (χ3v) is 2.58. The van der Waals surface area contributed by atoms with Gasteiger partial charge in [-0.05, 0) is 32.1 Å². The van der Waals surface area contributed by atoms with E-state index in [-0.39, 0.29) is 5.97 Å². The van der Waals surface area contributed by atoms with Gasteiger partial charge < -0.3 is 10.5 Å². The monoisotopic (exact) mass is 185 g/mol. The van der Waals surface area contributed by atoms with Gasteiger partial charge in [0.1, 0.15) is 0 Å². The van der Waals surface area contributed by atoms with Gasteiger partial charge in [0.2, 0.25) is 0 Å². The zero-order valence-corrected chi connectivity index (χ0v) is 8.29. The number of hydrogen-bond acceptors (Lipinski definition) is 3. The average Bonchev–Trinajstić information content (AvgIpc) is 2.04. The lowest BCUT2D eigenvalue weighted by atomic mass is 9.84. The highest BCUT2D eigenvalue weighted by Crippen LogP contribution is 2.25. The van der Waals surface area contributed by atoms with Gasteiger partial charge in [0.25, 0.3) is 0 Å². The summed E-state index contributed by atoms with van der Waals surface area (Å²) in [4.78, 5) is 11.2. The van der Waals surface area contributed by atoms with Crippen molar-refractivity contribution in [2.75, 3.05) is 6.61 Å². The highest BCUT2D eigenvalue weighted by molar-refractivity contribution is 5.69. The first-order chi connectivity index (χ1) is 6.22. The molecule has 0 aliphatic heterocycles. The molecule has 1 aliphatic rings. The standard InChI is InChI=1S/C10H19NO2/c1-2-13-10(12)7-8-4-3-5-9(11)6-8/h8-9H,2-7,11H2,1H3/t8?,9-/m0/s1. The van der Waals surface area contributed by atoms with Crippen LogP contribution in [0.1, 0.15) is 39.0 Å². The molecule has 0 saturated heterocycles. The molecule has 1 saturated carbocycles. The molecule has 0 heterocycles. The van der Waals surface area contributed by atoms with Crippen LogP contribution in [0.15, 0.2) is 0 Å². The van der Waals surface area contributed by atoms with Gasteiger partial charge in [-0.1, -0.05) is 6.42 Å². The summed E-state index contributed by atoms with van der Waals surface area (Å²) >= 11 is 0. The summed E-state index contributed by atoms with van der Waals surface area (Å²) < 4.78 is 4.90. The number of hydrogen-bond donors (Lipinski definition) is 1. The number of rotatable bonds is 3. The third kappa shape index (κ3) is 3.77. The fraction of sp³-hybridized carbons (Fsp3) is 0.900. The molecule has 3 heteroatoms. The van der Waals surface area contributed by atoms with Crippen LogP contribution in [-0.2, 0) is 9.53 Å². The summed E-state index contributed by atoms with van der Waals surface area (Å²) in [5.41, 5.74) is 5.82. The Bertz CT molecular complexity index is 170. The molecule has 1 rings (SSSR count). The number of esters is 1. The summed E-state index contributed by atoms with van der Waals surface area (Å²) in [6, 6.07) is 0.299. The van der Waals surface area contributed by atoms with E-state index in [4.69, 9.17) is 10.5 Å². The molecule has 0 bridgehead atoms. The highest BCUT2D eigenvalue weighted by atomic mass is 16.5. The second-order valence-corrected chi connectivity index (χ2v) is 3.80. The zero-order valence-electron chi connectivity index (χ0n) is 8.29. The minimum absolute atomic E-state index is 0.0680. The van der Waals surface area contributed by atoms with Crippen molar-refractivity contribution in [2.45, 2.75) is 45.1 Å². The molecule has 0 aromatic rings. The van der Waals surface area contributed by atoms with Gasteiger partial charge in [0.05, 0.1) is 6.61 Å². The molecule has 0 radical (unpaired) electrons. The first kappa shape index (κ1) is 10.5. The lowest BCUT2D eigenvalue weighted by Gasteiger charge is -2.25. The molecule has 0 aromatic carbocycles. The van der Waals surface area contributed by atoms with Crippen molar-refractivity contribution in [3.05, 3.63) is 0 Å². The van der Waals surface area contributed by atoms with Gasteiger partial charge in [-0.2, -0.15) is 0 Å². The van der Waals surface area contributed by atoms with E-state index in [1.807, 2.05) is 6.92 Å². The van der Waals surface area contributed by atoms with E-state index in [1.54, 1.807) is 0 Å². The largest absolute Gasteiger partial charge is 0.466 e. The summed E-state index contributed by atoms with van der Waals surface area (Å²) in [5.74, 6) is 0.393. The molecule has 1 aliphatic carbocycles. The number of nitrogens with two attached hydrogens (primary N) is 1. The van der Waals surface area contributed by atoms with Crippen LogP contribution in [0.25, 0.3) is 0 Å². The Morgan fingerprint density at radius 3 is 2.92 bits per heavy atom. The molecule has 13 heavy (non-hydrogen) atoms. The van der Waals surface area contributed by atoms with E-state index in [9.17, 15) is 4.79 Å². The molecule has 0 aromatic heterocycles. The first-order valence-electron chi connectivity index (χ1n) is 5.13. The fourth-order valence-electron chi connectivity index (χ4n) is 1.97. The van der Waals surface area contributed by atoms with Crippen molar-refractivity contribution < 1.29 is 9.53 Å². The Hall–Kier alpha value is -0.570. The van der Waals surface area contributed by atoms with Gasteiger partial charge in [0, 0.05) is 12.5 Å². The molecule has 2 atom stereocenters. The van der Waals surface area contributed by atoms with Gasteiger partial charge >= 0.3 is 5.97 Å². The molecule has 76 valence electrons. The van der Waals surface area contributed by atoms with Crippen LogP contribution in [0.5, 0.6) is 0 Å². The van der Waals surface area contributed by atoms with Crippen LogP contribution in [-0.4, -0.2) is 18.6 Å². The maximum absolute atomic E-state index is 11.2. The predicted octanol–water partition coefficient (Wildman–Crippen LogP) is 1.46. The molecule has 1 unspecified atom stereocenters. The van der Waals surface area contributed by atoms with E-state index < -0.39 is 0 Å². The molecule has 0 spiro atoms. The highest BCUT2D eigenvalue weighted by Gasteiger charge is 2.21. The predicted molar refractivity (Wildman–Crippen MR) is 51.2 cm³/mol. The summed E-state index contributed by atoms with van der Waals surface area (Å²) in [5, 5.41) is 0. The number of ether oxygens (including phenoxy) is 1. The van der Waals surface area contributed by atoms with E-state index in [1.165, 1.54) is 0 Å². The van der Waals surface area contributed by atoms with Crippen LogP contribution >= 0.6 is 0 Å². The van der Waals surface area contributed by atoms with Gasteiger partial charge in [-0.3, -0.25) is 4.79 Å². The quantitative estimate of drug-likeness (QED) is 0.677. The SMILES string of the molecule is CCOC(=O)CC1CCC[C@H](N)C1. The Labute approximate surface area is 79.6 Å². The van der Waals surface area contributed by atoms with Crippen molar-refractivity contribution in [1.29, 1.82) is 0 Å². The van der Waals surface area contributed by atoms with Crippen LogP contribution in [0.2, 0.25) is 0 Å². The maximum Gasteiger partial charge on any atom is 0.306 e. The fourth-order valence-corrected chi connectivity index (χ4v) is 1.97. The van der Waals surface area contributed by atoms with Gasteiger partial charge in [0.15, 0.2) is 0 Å². The Kier molecular flexibility index (Phi) is 4.22. The Morgan fingerprint density at radius 1 is 1.54 bits per heavy atom. The van der Waals surface area contributed by atoms with E-state index in [0.29, 0.717) is 25.0 Å². The molecule has 3 nitrogen and oxygen atoms in total. The molecule has 1 fully saturated rings. The van der Waals surface area contributed by atoms with Crippen LogP contribution in [0.4, 0.5) is 0 Å². The van der Waals surface area contributed by atoms with Crippen molar-refractivity contribution in [2.24, 2.45) is 11.7 Å². The molecular weight excluding hydrogens is 166 g/mol. The summed E-state index contributed by atoms with van der Waals surface area (Å²) in [6.07, 6.45) is 4.94. The van der Waals surface area contributed by atoms with Crippen molar-refractivity contribution in [3.63, 3.8) is 0 Å². The van der Waals surface area contributed by atoms with Crippen molar-refractivity contribution >= 4 is 5.97 Å². The normalized spacial score (nSPS) is 28.5. The lowest BCUT2D eigenvalue weighted by molar-refractivity contribution is -0.144. The smallest absolute Gasteiger partial charge is 0.306 e. The molecular formula is C10H19NO2. The minimum Gasteiger partial charge on any atom is -0.466 e. The lowest BCUT2D eigenvalue weighted by Crippen LogP contribution is -2.29. The number of carbonyl (C=O) groups excluding carboxylic acids is 1. The zero-order chi connectivity index (χ0) is 9.68. The van der Waals surface area contributed by atoms with E-state index in [0.717, 1.165) is 25.7 Å². The van der Waals surface area contributed by atoms with Crippen LogP contribution in [0, 0.1) is 5.92 Å². The van der Waals surface area contributed by atoms with Crippen molar-refractivity contribution in [3.8, 4) is 0 Å². The van der Waals surface area contributed by atoms with Gasteiger partial charge in [-0.25, -0.2) is 0 Å². The Morgan fingerprint density at radius 2 is 2.31 bits per heavy atom. The third-order valence-electron chi connectivity index (χ3n) is 2.58. The van der Waals surface area contributed by atoms with Crippen LogP contribution in [0.3, 0.4) is 0 Å². The Balaban J connectivity index is 2.23. The maximum atomic E-state index is 11.2. The minimum atomic E-state index is -0.0680. The van der Waals surface area contributed by atoms with E-state index in [2.05, 4.69) is 0 Å². The summed E-state index contributed by atoms with van der Waals surface area (Å²) in [7, 11) is 0. The van der Waals surface area contributed by atoms with Crippen LogP contribution < -0.4 is 5.73 Å². The topological polar surface area (TPSA) is 52.3 Å². The summed E-state index contributed by atoms with van der Waals surface area (Å²) in [6.45, 7) is 2.32. The van der Waals surface area contributed by atoms with Gasteiger partial charge in [-0.15, -0.1) is 0 Å². The average molecular weight is 185 g/mol. The molecule has 2 N–H and O–H groups in total. The van der Waals surface area contributed by atoms with E-state index >= 15 is 0 Å². The first-order valence-corrected chi connectivity index (χ1v) is 5.13.